The Hall–Kier alpha value is -1.59. The third kappa shape index (κ3) is 4.21. The molecule has 0 aromatic heterocycles. The van der Waals surface area contributed by atoms with E-state index in [4.69, 9.17) is 9.47 Å². The van der Waals surface area contributed by atoms with Crippen molar-refractivity contribution in [3.63, 3.8) is 0 Å². The zero-order valence-electron chi connectivity index (χ0n) is 15.7. The standard InChI is InChI=1S/C21H30O5/c1-3-25-21(24)12-26-20-6-4-5-14-9-17-15(10-18(14)20)11-19(23)16(17)8-7-13(2)22/h4-6,13,15-17,19,22-23H,3,7-12H2,1-2H3/t13?,15?,16?,17?,19-/m1/s1. The van der Waals surface area contributed by atoms with E-state index in [1.165, 1.54) is 11.1 Å². The van der Waals surface area contributed by atoms with E-state index in [1.54, 1.807) is 6.92 Å². The average Bonchev–Trinajstić information content (AvgIpc) is 2.90. The van der Waals surface area contributed by atoms with Crippen molar-refractivity contribution in [3.05, 3.63) is 29.3 Å². The van der Waals surface area contributed by atoms with Crippen LogP contribution in [0.25, 0.3) is 0 Å². The number of aliphatic hydroxyl groups excluding tert-OH is 2. The van der Waals surface area contributed by atoms with Crippen molar-refractivity contribution in [1.29, 1.82) is 0 Å². The van der Waals surface area contributed by atoms with Crippen LogP contribution in [0.1, 0.15) is 44.2 Å². The lowest BCUT2D eigenvalue weighted by Crippen LogP contribution is -2.28. The van der Waals surface area contributed by atoms with E-state index < -0.39 is 0 Å². The predicted molar refractivity (Wildman–Crippen MR) is 98.0 cm³/mol. The molecular formula is C21H30O5. The topological polar surface area (TPSA) is 76.0 Å². The van der Waals surface area contributed by atoms with Gasteiger partial charge >= 0.3 is 5.97 Å². The Balaban J connectivity index is 1.71. The van der Waals surface area contributed by atoms with Crippen molar-refractivity contribution < 1.29 is 24.5 Å². The lowest BCUT2D eigenvalue weighted by Gasteiger charge is -2.32. The van der Waals surface area contributed by atoms with E-state index in [9.17, 15) is 15.0 Å². The van der Waals surface area contributed by atoms with Crippen molar-refractivity contribution in [1.82, 2.24) is 0 Å². The molecule has 0 amide bonds. The molecule has 144 valence electrons. The smallest absolute Gasteiger partial charge is 0.344 e. The van der Waals surface area contributed by atoms with Crippen LogP contribution in [0.5, 0.6) is 5.75 Å². The van der Waals surface area contributed by atoms with E-state index in [1.807, 2.05) is 19.1 Å². The van der Waals surface area contributed by atoms with Gasteiger partial charge in [0.2, 0.25) is 0 Å². The second-order valence-corrected chi connectivity index (χ2v) is 7.71. The van der Waals surface area contributed by atoms with E-state index >= 15 is 0 Å². The number of ether oxygens (including phenoxy) is 2. The van der Waals surface area contributed by atoms with Crippen LogP contribution in [-0.4, -0.2) is 41.6 Å². The Labute approximate surface area is 155 Å². The van der Waals surface area contributed by atoms with Crippen molar-refractivity contribution in [2.75, 3.05) is 13.2 Å². The number of aliphatic hydroxyl groups is 2. The summed E-state index contributed by atoms with van der Waals surface area (Å²) in [7, 11) is 0. The first-order chi connectivity index (χ1) is 12.5. The lowest BCUT2D eigenvalue weighted by atomic mass is 9.73. The third-order valence-corrected chi connectivity index (χ3v) is 5.91. The number of esters is 1. The molecule has 5 heteroatoms. The number of fused-ring (bicyclic) bond motifs is 2. The summed E-state index contributed by atoms with van der Waals surface area (Å²) >= 11 is 0. The fourth-order valence-electron chi connectivity index (χ4n) is 4.71. The molecular weight excluding hydrogens is 332 g/mol. The summed E-state index contributed by atoms with van der Waals surface area (Å²) in [6.45, 7) is 3.87. The first-order valence-corrected chi connectivity index (χ1v) is 9.74. The Kier molecular flexibility index (Phi) is 6.20. The minimum atomic E-state index is -0.353. The highest BCUT2D eigenvalue weighted by molar-refractivity contribution is 5.71. The second kappa shape index (κ2) is 8.40. The summed E-state index contributed by atoms with van der Waals surface area (Å²) in [4.78, 5) is 11.6. The fraction of sp³-hybridized carbons (Fsp3) is 0.667. The molecule has 3 rings (SSSR count). The minimum absolute atomic E-state index is 0.0714. The van der Waals surface area contributed by atoms with Gasteiger partial charge in [-0.25, -0.2) is 4.79 Å². The first kappa shape index (κ1) is 19.2. The van der Waals surface area contributed by atoms with Gasteiger partial charge in [-0.2, -0.15) is 0 Å². The third-order valence-electron chi connectivity index (χ3n) is 5.91. The summed E-state index contributed by atoms with van der Waals surface area (Å²) in [5.74, 6) is 1.55. The molecule has 0 spiro atoms. The first-order valence-electron chi connectivity index (χ1n) is 9.74. The molecule has 2 aliphatic rings. The van der Waals surface area contributed by atoms with Gasteiger partial charge in [-0.1, -0.05) is 12.1 Å². The number of rotatable bonds is 7. The van der Waals surface area contributed by atoms with Gasteiger partial charge in [0, 0.05) is 0 Å². The maximum Gasteiger partial charge on any atom is 0.344 e. The Bertz CT molecular complexity index is 627. The summed E-state index contributed by atoms with van der Waals surface area (Å²) < 4.78 is 10.7. The Morgan fingerprint density at radius 2 is 2.15 bits per heavy atom. The number of carbonyl (C=O) groups is 1. The SMILES string of the molecule is CCOC(=O)COc1cccc2c1CC1C[C@@H](O)C(CCC(C)O)C1C2. The molecule has 1 aromatic carbocycles. The second-order valence-electron chi connectivity index (χ2n) is 7.71. The van der Waals surface area contributed by atoms with Gasteiger partial charge in [0.1, 0.15) is 5.75 Å². The molecule has 1 fully saturated rings. The highest BCUT2D eigenvalue weighted by Gasteiger charge is 2.44. The summed E-state index contributed by atoms with van der Waals surface area (Å²) in [6.07, 6.45) is 3.61. The fourth-order valence-corrected chi connectivity index (χ4v) is 4.71. The molecule has 2 N–H and O–H groups in total. The van der Waals surface area contributed by atoms with Crippen LogP contribution < -0.4 is 4.74 Å². The Morgan fingerprint density at radius 3 is 2.88 bits per heavy atom. The van der Waals surface area contributed by atoms with E-state index in [2.05, 4.69) is 6.07 Å². The highest BCUT2D eigenvalue weighted by Crippen LogP contribution is 2.48. The molecule has 4 unspecified atom stereocenters. The van der Waals surface area contributed by atoms with Gasteiger partial charge < -0.3 is 19.7 Å². The van der Waals surface area contributed by atoms with Crippen molar-refractivity contribution in [3.8, 4) is 5.75 Å². The largest absolute Gasteiger partial charge is 0.482 e. The van der Waals surface area contributed by atoms with Gasteiger partial charge in [-0.3, -0.25) is 0 Å². The highest BCUT2D eigenvalue weighted by atomic mass is 16.6. The van der Waals surface area contributed by atoms with Crippen LogP contribution in [0.15, 0.2) is 18.2 Å². The minimum Gasteiger partial charge on any atom is -0.482 e. The number of hydrogen-bond donors (Lipinski definition) is 2. The normalized spacial score (nSPS) is 28.2. The molecule has 2 aliphatic carbocycles. The van der Waals surface area contributed by atoms with E-state index in [0.29, 0.717) is 18.4 Å². The van der Waals surface area contributed by atoms with Crippen LogP contribution in [0.4, 0.5) is 0 Å². The van der Waals surface area contributed by atoms with Gasteiger partial charge in [0.15, 0.2) is 6.61 Å². The monoisotopic (exact) mass is 362 g/mol. The molecule has 0 heterocycles. The van der Waals surface area contributed by atoms with Crippen molar-refractivity contribution >= 4 is 5.97 Å². The van der Waals surface area contributed by atoms with Gasteiger partial charge in [-0.05, 0) is 80.9 Å². The average molecular weight is 362 g/mol. The molecule has 1 saturated carbocycles. The van der Waals surface area contributed by atoms with E-state index in [-0.39, 0.29) is 30.7 Å². The van der Waals surface area contributed by atoms with Gasteiger partial charge in [0.05, 0.1) is 18.8 Å². The molecule has 5 nitrogen and oxygen atoms in total. The van der Waals surface area contributed by atoms with Crippen LogP contribution in [0.3, 0.4) is 0 Å². The molecule has 0 saturated heterocycles. The van der Waals surface area contributed by atoms with Crippen LogP contribution in [0, 0.1) is 17.8 Å². The van der Waals surface area contributed by atoms with Crippen molar-refractivity contribution in [2.24, 2.45) is 17.8 Å². The molecule has 5 atom stereocenters. The number of benzene rings is 1. The predicted octanol–water partition coefficient (Wildman–Crippen LogP) is 2.50. The molecule has 0 radical (unpaired) electrons. The van der Waals surface area contributed by atoms with Crippen molar-refractivity contribution in [2.45, 2.75) is 58.2 Å². The van der Waals surface area contributed by atoms with Gasteiger partial charge in [-0.15, -0.1) is 0 Å². The summed E-state index contributed by atoms with van der Waals surface area (Å²) in [5.41, 5.74) is 2.42. The zero-order chi connectivity index (χ0) is 18.7. The molecule has 0 aliphatic heterocycles. The quantitative estimate of drug-likeness (QED) is 0.729. The van der Waals surface area contributed by atoms with E-state index in [0.717, 1.165) is 37.9 Å². The summed E-state index contributed by atoms with van der Waals surface area (Å²) in [5, 5.41) is 20.1. The molecule has 1 aromatic rings. The van der Waals surface area contributed by atoms with Gasteiger partial charge in [0.25, 0.3) is 0 Å². The van der Waals surface area contributed by atoms with Crippen LogP contribution >= 0.6 is 0 Å². The Morgan fingerprint density at radius 1 is 1.35 bits per heavy atom. The lowest BCUT2D eigenvalue weighted by molar-refractivity contribution is -0.145. The molecule has 26 heavy (non-hydrogen) atoms. The number of carbonyl (C=O) groups excluding carboxylic acids is 1. The van der Waals surface area contributed by atoms with Crippen LogP contribution in [-0.2, 0) is 22.4 Å². The molecule has 0 bridgehead atoms. The number of hydrogen-bond acceptors (Lipinski definition) is 5. The maximum atomic E-state index is 11.6. The summed E-state index contributed by atoms with van der Waals surface area (Å²) in [6, 6.07) is 6.00. The zero-order valence-corrected chi connectivity index (χ0v) is 15.7. The maximum absolute atomic E-state index is 11.6. The van der Waals surface area contributed by atoms with Crippen LogP contribution in [0.2, 0.25) is 0 Å².